The maximum absolute atomic E-state index is 13.8. The van der Waals surface area contributed by atoms with Crippen molar-refractivity contribution in [3.8, 4) is 11.1 Å². The smallest absolute Gasteiger partial charge is 0.407 e. The number of pyridine rings is 1. The predicted molar refractivity (Wildman–Crippen MR) is 185 cm³/mol. The summed E-state index contributed by atoms with van der Waals surface area (Å²) in [5.41, 5.74) is 4.93. The van der Waals surface area contributed by atoms with E-state index in [-0.39, 0.29) is 40.8 Å². The summed E-state index contributed by atoms with van der Waals surface area (Å²) in [6, 6.07) is 22.6. The number of carbonyl (C=O) groups excluding carboxylic acids is 3. The first kappa shape index (κ1) is 33.6. The van der Waals surface area contributed by atoms with Crippen LogP contribution in [0.3, 0.4) is 0 Å². The predicted octanol–water partition coefficient (Wildman–Crippen LogP) is 6.58. The summed E-state index contributed by atoms with van der Waals surface area (Å²) in [4.78, 5) is 43.7. The summed E-state index contributed by atoms with van der Waals surface area (Å²) in [5.74, 6) is -1.20. The van der Waals surface area contributed by atoms with E-state index in [0.29, 0.717) is 10.9 Å². The van der Waals surface area contributed by atoms with Gasteiger partial charge in [-0.3, -0.25) is 4.79 Å². The summed E-state index contributed by atoms with van der Waals surface area (Å²) in [6.45, 7) is 8.38. The number of nitrogens with one attached hydrogen (secondary N) is 1. The largest absolute Gasteiger partial charge is 0.458 e. The number of benzene rings is 3. The molecular weight excluding hydrogens is 642 g/mol. The third-order valence-electron chi connectivity index (χ3n) is 8.43. The number of alkyl carbamates (subject to hydrolysis) is 1. The molecule has 5 aromatic rings. The Morgan fingerprint density at radius 3 is 2.14 bits per heavy atom. The molecule has 1 aliphatic carbocycles. The van der Waals surface area contributed by atoms with Gasteiger partial charge in [0.25, 0.3) is 10.0 Å². The Hall–Kier alpha value is -5.29. The van der Waals surface area contributed by atoms with Crippen molar-refractivity contribution < 1.29 is 32.3 Å². The lowest BCUT2D eigenvalue weighted by Crippen LogP contribution is -2.46. The van der Waals surface area contributed by atoms with Crippen molar-refractivity contribution in [2.24, 2.45) is 0 Å². The molecule has 0 fully saturated rings. The number of rotatable bonds is 9. The molecule has 49 heavy (non-hydrogen) atoms. The van der Waals surface area contributed by atoms with Gasteiger partial charge in [0.05, 0.1) is 4.90 Å². The van der Waals surface area contributed by atoms with E-state index in [9.17, 15) is 22.8 Å². The lowest BCUT2D eigenvalue weighted by molar-refractivity contribution is -0.157. The van der Waals surface area contributed by atoms with Gasteiger partial charge in [0, 0.05) is 35.7 Å². The number of ether oxygens (including phenoxy) is 2. The van der Waals surface area contributed by atoms with Crippen molar-refractivity contribution in [2.75, 3.05) is 6.61 Å². The molecule has 1 N–H and O–H groups in total. The highest BCUT2D eigenvalue weighted by Gasteiger charge is 2.33. The van der Waals surface area contributed by atoms with Gasteiger partial charge in [0.2, 0.25) is 0 Å². The van der Waals surface area contributed by atoms with Crippen LogP contribution in [0.25, 0.3) is 22.2 Å². The number of fused-ring (bicyclic) bond motifs is 4. The topological polar surface area (TPSA) is 134 Å². The van der Waals surface area contributed by atoms with Crippen LogP contribution in [0, 0.1) is 6.92 Å². The van der Waals surface area contributed by atoms with Gasteiger partial charge in [-0.1, -0.05) is 66.2 Å². The van der Waals surface area contributed by atoms with Crippen LogP contribution in [0.1, 0.15) is 66.2 Å². The van der Waals surface area contributed by atoms with Crippen molar-refractivity contribution >= 4 is 38.9 Å². The van der Waals surface area contributed by atoms with E-state index in [1.807, 2.05) is 55.5 Å². The Labute approximate surface area is 285 Å². The highest BCUT2D eigenvalue weighted by molar-refractivity contribution is 7.90. The number of Topliss-reactive ketones (excluding diaryl/α,β-unsaturated/α-hetero) is 1. The number of carbonyl (C=O) groups is 3. The first-order valence-corrected chi connectivity index (χ1v) is 17.3. The fraction of sp³-hybridized carbons (Fsp3) is 0.263. The number of aryl methyl sites for hydroxylation is 1. The molecule has 0 saturated carbocycles. The highest BCUT2D eigenvalue weighted by atomic mass is 32.2. The highest BCUT2D eigenvalue weighted by Crippen LogP contribution is 2.44. The molecule has 3 aromatic carbocycles. The third kappa shape index (κ3) is 6.84. The van der Waals surface area contributed by atoms with Gasteiger partial charge in [-0.05, 0) is 80.6 Å². The van der Waals surface area contributed by atoms with E-state index in [1.165, 1.54) is 31.5 Å². The maximum Gasteiger partial charge on any atom is 0.407 e. The zero-order valence-corrected chi connectivity index (χ0v) is 28.7. The van der Waals surface area contributed by atoms with Crippen LogP contribution < -0.4 is 5.32 Å². The Bertz CT molecular complexity index is 2150. The van der Waals surface area contributed by atoms with E-state index >= 15 is 0 Å². The van der Waals surface area contributed by atoms with Crippen LogP contribution in [0.4, 0.5) is 4.79 Å². The van der Waals surface area contributed by atoms with Crippen LogP contribution in [0.15, 0.2) is 96.2 Å². The van der Waals surface area contributed by atoms with Gasteiger partial charge in [-0.25, -0.2) is 27.0 Å². The van der Waals surface area contributed by atoms with Gasteiger partial charge in [-0.2, -0.15) is 0 Å². The van der Waals surface area contributed by atoms with Crippen LogP contribution in [-0.2, 0) is 30.7 Å². The van der Waals surface area contributed by atoms with Gasteiger partial charge in [-0.15, -0.1) is 0 Å². The molecule has 1 aliphatic rings. The number of nitrogens with zero attached hydrogens (tertiary/aromatic N) is 2. The second-order valence-corrected chi connectivity index (χ2v) is 15.0. The summed E-state index contributed by atoms with van der Waals surface area (Å²) in [5, 5.41) is 3.01. The minimum atomic E-state index is -4.13. The van der Waals surface area contributed by atoms with Crippen molar-refractivity contribution in [1.82, 2.24) is 14.3 Å². The normalized spacial score (nSPS) is 13.4. The molecule has 0 bridgehead atoms. The molecule has 10 nitrogen and oxygen atoms in total. The lowest BCUT2D eigenvalue weighted by atomic mass is 9.98. The molecule has 0 unspecified atom stereocenters. The summed E-state index contributed by atoms with van der Waals surface area (Å²) >= 11 is 0. The molecule has 6 rings (SSSR count). The maximum atomic E-state index is 13.8. The zero-order chi connectivity index (χ0) is 35.1. The Balaban J connectivity index is 1.32. The minimum absolute atomic E-state index is 0.0287. The Kier molecular flexibility index (Phi) is 8.89. The first-order valence-electron chi connectivity index (χ1n) is 15.9. The number of amides is 1. The van der Waals surface area contributed by atoms with Gasteiger partial charge < -0.3 is 14.8 Å². The monoisotopic (exact) mass is 679 g/mol. The lowest BCUT2D eigenvalue weighted by Gasteiger charge is -2.24. The number of hydrogen-bond acceptors (Lipinski definition) is 8. The molecule has 2 aromatic heterocycles. The van der Waals surface area contributed by atoms with E-state index in [4.69, 9.17) is 9.47 Å². The zero-order valence-electron chi connectivity index (χ0n) is 27.9. The average molecular weight is 680 g/mol. The fourth-order valence-corrected chi connectivity index (χ4v) is 7.42. The van der Waals surface area contributed by atoms with E-state index in [2.05, 4.69) is 10.3 Å². The molecule has 2 heterocycles. The van der Waals surface area contributed by atoms with Crippen LogP contribution in [0.5, 0.6) is 0 Å². The molecule has 1 atom stereocenters. The van der Waals surface area contributed by atoms with Gasteiger partial charge in [0.1, 0.15) is 18.2 Å². The molecule has 11 heteroatoms. The van der Waals surface area contributed by atoms with Crippen molar-refractivity contribution in [1.29, 1.82) is 0 Å². The number of aromatic nitrogens is 2. The van der Waals surface area contributed by atoms with Crippen LogP contribution in [0.2, 0.25) is 0 Å². The molecule has 0 spiro atoms. The van der Waals surface area contributed by atoms with Crippen molar-refractivity contribution in [2.45, 2.75) is 63.5 Å². The Morgan fingerprint density at radius 2 is 1.55 bits per heavy atom. The summed E-state index contributed by atoms with van der Waals surface area (Å²) in [6.07, 6.45) is 1.68. The second kappa shape index (κ2) is 13.0. The number of ketones is 1. The van der Waals surface area contributed by atoms with Crippen molar-refractivity contribution in [3.05, 3.63) is 119 Å². The van der Waals surface area contributed by atoms with E-state index in [1.54, 1.807) is 39.0 Å². The van der Waals surface area contributed by atoms with Gasteiger partial charge in [0.15, 0.2) is 11.4 Å². The number of esters is 1. The van der Waals surface area contributed by atoms with E-state index in [0.717, 1.165) is 31.8 Å². The fourth-order valence-electron chi connectivity index (χ4n) is 6.07. The van der Waals surface area contributed by atoms with Crippen LogP contribution in [-0.4, -0.2) is 53.5 Å². The van der Waals surface area contributed by atoms with Gasteiger partial charge >= 0.3 is 12.1 Å². The second-order valence-electron chi connectivity index (χ2n) is 13.2. The standard InChI is InChI=1S/C38H37N3O7S/c1-23-14-16-27(17-15-23)49(45,46)41-21-26(32-18-25(24(2)42)20-39-35(32)41)19-34(36(43)48-38(3,4)5)40-37(44)47-22-33-30-12-8-6-10-28(30)29-11-7-9-13-31(29)33/h6-18,20-21,33-34H,19,22H2,1-5H3,(H,40,44)/t34-/m0/s1. The average Bonchev–Trinajstić information content (AvgIpc) is 3.58. The SMILES string of the molecule is CC(=O)c1cnc2c(c1)c(C[C@H](NC(=O)OCC1c3ccccc3-c3ccccc31)C(=O)OC(C)(C)C)cn2S(=O)(=O)c1ccc(C)cc1. The minimum Gasteiger partial charge on any atom is -0.458 e. The Morgan fingerprint density at radius 1 is 0.939 bits per heavy atom. The van der Waals surface area contributed by atoms with Crippen LogP contribution >= 0.6 is 0 Å². The molecule has 1 amide bonds. The first-order chi connectivity index (χ1) is 23.2. The summed E-state index contributed by atoms with van der Waals surface area (Å²) in [7, 11) is -4.13. The third-order valence-corrected chi connectivity index (χ3v) is 10.1. The molecule has 252 valence electrons. The molecule has 0 radical (unpaired) electrons. The summed E-state index contributed by atoms with van der Waals surface area (Å²) < 4.78 is 40.1. The molecule has 0 aliphatic heterocycles. The quantitative estimate of drug-likeness (QED) is 0.137. The number of hydrogen-bond donors (Lipinski definition) is 1. The van der Waals surface area contributed by atoms with E-state index < -0.39 is 33.7 Å². The molecule has 0 saturated heterocycles. The van der Waals surface area contributed by atoms with Crippen molar-refractivity contribution in [3.63, 3.8) is 0 Å². The molecular formula is C38H37N3O7S.